The molecule has 0 N–H and O–H groups in total. The number of benzene rings is 1. The van der Waals surface area contributed by atoms with E-state index in [2.05, 4.69) is 0 Å². The fourth-order valence-corrected chi connectivity index (χ4v) is 2.09. The summed E-state index contributed by atoms with van der Waals surface area (Å²) in [4.78, 5) is 37.1. The number of nitrogens with zero attached hydrogens (tertiary/aromatic N) is 1. The van der Waals surface area contributed by atoms with Crippen LogP contribution < -0.4 is 0 Å². The number of piperidine rings is 1. The summed E-state index contributed by atoms with van der Waals surface area (Å²) in [6, 6.07) is 8.75. The Balaban J connectivity index is 2.11. The number of hydrogen-bond acceptors (Lipinski definition) is 3. The van der Waals surface area contributed by atoms with E-state index < -0.39 is 5.92 Å². The normalized spacial score (nSPS) is 20.1. The first-order valence-electron chi connectivity index (χ1n) is 5.95. The van der Waals surface area contributed by atoms with E-state index in [4.69, 9.17) is 0 Å². The molecule has 1 unspecified atom stereocenters. The first-order chi connectivity index (χ1) is 8.59. The van der Waals surface area contributed by atoms with Crippen LogP contribution >= 0.6 is 0 Å². The van der Waals surface area contributed by atoms with Gasteiger partial charge in [0.1, 0.15) is 11.7 Å². The van der Waals surface area contributed by atoms with Crippen molar-refractivity contribution in [3.8, 4) is 0 Å². The Kier molecular flexibility index (Phi) is 3.55. The maximum atomic E-state index is 12.0. The van der Waals surface area contributed by atoms with Crippen molar-refractivity contribution in [1.82, 2.24) is 4.90 Å². The Hall–Kier alpha value is -1.97. The third kappa shape index (κ3) is 2.47. The molecule has 0 saturated carbocycles. The van der Waals surface area contributed by atoms with Crippen molar-refractivity contribution < 1.29 is 14.4 Å². The van der Waals surface area contributed by atoms with E-state index in [1.807, 2.05) is 6.07 Å². The molecule has 4 heteroatoms. The van der Waals surface area contributed by atoms with Gasteiger partial charge in [-0.05, 0) is 0 Å². The molecule has 0 spiro atoms. The van der Waals surface area contributed by atoms with Gasteiger partial charge in [0.25, 0.3) is 0 Å². The van der Waals surface area contributed by atoms with Gasteiger partial charge in [0, 0.05) is 32.0 Å². The summed E-state index contributed by atoms with van der Waals surface area (Å²) < 4.78 is 0. The predicted molar refractivity (Wildman–Crippen MR) is 66.1 cm³/mol. The van der Waals surface area contributed by atoms with Crippen LogP contribution in [0.3, 0.4) is 0 Å². The monoisotopic (exact) mass is 245 g/mol. The molecule has 1 amide bonds. The highest BCUT2D eigenvalue weighted by Crippen LogP contribution is 2.19. The highest BCUT2D eigenvalue weighted by Gasteiger charge is 2.35. The number of likely N-dealkylation sites (tertiary alicyclic amines) is 1. The van der Waals surface area contributed by atoms with Crippen LogP contribution in [0.5, 0.6) is 0 Å². The molecule has 1 aromatic rings. The number of amides is 1. The van der Waals surface area contributed by atoms with Gasteiger partial charge >= 0.3 is 0 Å². The molecule has 94 valence electrons. The summed E-state index contributed by atoms with van der Waals surface area (Å²) in [7, 11) is 1.66. The summed E-state index contributed by atoms with van der Waals surface area (Å²) in [5.74, 6) is -1.31. The van der Waals surface area contributed by atoms with E-state index in [9.17, 15) is 14.4 Å². The van der Waals surface area contributed by atoms with Gasteiger partial charge in [-0.1, -0.05) is 30.3 Å². The smallest absolute Gasteiger partial charge is 0.233 e. The Bertz CT molecular complexity index is 481. The molecule has 1 aliphatic rings. The van der Waals surface area contributed by atoms with Crippen molar-refractivity contribution in [3.63, 3.8) is 0 Å². The van der Waals surface area contributed by atoms with Gasteiger partial charge in [-0.2, -0.15) is 0 Å². The summed E-state index contributed by atoms with van der Waals surface area (Å²) in [6.07, 6.45) is 0.320. The lowest BCUT2D eigenvalue weighted by Crippen LogP contribution is -2.44. The van der Waals surface area contributed by atoms with Crippen LogP contribution in [0.4, 0.5) is 0 Å². The first-order valence-corrected chi connectivity index (χ1v) is 5.95. The highest BCUT2D eigenvalue weighted by molar-refractivity contribution is 6.08. The quantitative estimate of drug-likeness (QED) is 0.596. The molecule has 1 saturated heterocycles. The maximum absolute atomic E-state index is 12.0. The second-order valence-corrected chi connectivity index (χ2v) is 4.52. The zero-order chi connectivity index (χ0) is 13.1. The molecule has 0 aliphatic carbocycles. The molecule has 1 atom stereocenters. The molecule has 1 heterocycles. The molecular weight excluding hydrogens is 230 g/mol. The number of ketones is 2. The number of Topliss-reactive ketones (excluding diaryl/α,β-unsaturated/α-hetero) is 2. The lowest BCUT2D eigenvalue weighted by Gasteiger charge is -2.27. The van der Waals surface area contributed by atoms with Crippen LogP contribution in [0.1, 0.15) is 23.2 Å². The Labute approximate surface area is 106 Å². The minimum Gasteiger partial charge on any atom is -0.345 e. The fourth-order valence-electron chi connectivity index (χ4n) is 2.09. The summed E-state index contributed by atoms with van der Waals surface area (Å²) in [5, 5.41) is 0. The van der Waals surface area contributed by atoms with Crippen molar-refractivity contribution in [2.24, 2.45) is 5.92 Å². The molecule has 4 nitrogen and oxygen atoms in total. The average molecular weight is 245 g/mol. The number of carbonyl (C=O) groups excluding carboxylic acids is 3. The van der Waals surface area contributed by atoms with Crippen LogP contribution in [0.2, 0.25) is 0 Å². The van der Waals surface area contributed by atoms with Crippen LogP contribution in [0.15, 0.2) is 30.3 Å². The maximum Gasteiger partial charge on any atom is 0.233 e. The number of carbonyl (C=O) groups is 3. The Morgan fingerprint density at radius 1 is 1.28 bits per heavy atom. The Morgan fingerprint density at radius 2 is 1.94 bits per heavy atom. The first kappa shape index (κ1) is 12.5. The van der Waals surface area contributed by atoms with Gasteiger partial charge < -0.3 is 4.90 Å². The van der Waals surface area contributed by atoms with Gasteiger partial charge in [-0.3, -0.25) is 14.4 Å². The zero-order valence-corrected chi connectivity index (χ0v) is 10.3. The van der Waals surface area contributed by atoms with E-state index >= 15 is 0 Å². The lowest BCUT2D eigenvalue weighted by atomic mass is 9.89. The van der Waals surface area contributed by atoms with Gasteiger partial charge in [0.2, 0.25) is 5.91 Å². The van der Waals surface area contributed by atoms with E-state index in [-0.39, 0.29) is 23.9 Å². The van der Waals surface area contributed by atoms with Crippen molar-refractivity contribution >= 4 is 17.5 Å². The molecule has 18 heavy (non-hydrogen) atoms. The van der Waals surface area contributed by atoms with E-state index in [1.165, 1.54) is 4.90 Å². The summed E-state index contributed by atoms with van der Waals surface area (Å²) in [6.45, 7) is 0.452. The van der Waals surface area contributed by atoms with Gasteiger partial charge in [0.15, 0.2) is 5.78 Å². The predicted octanol–water partition coefficient (Wildman–Crippen LogP) is 1.31. The van der Waals surface area contributed by atoms with E-state index in [1.54, 1.807) is 31.3 Å². The third-order valence-electron chi connectivity index (χ3n) is 3.24. The SMILES string of the molecule is CN1CCC(=O)C(CC(=O)c2ccccc2)C1=O. The van der Waals surface area contributed by atoms with Crippen LogP contribution in [-0.4, -0.2) is 36.0 Å². The molecule has 1 fully saturated rings. The van der Waals surface area contributed by atoms with Gasteiger partial charge in [-0.15, -0.1) is 0 Å². The van der Waals surface area contributed by atoms with Crippen LogP contribution in [-0.2, 0) is 9.59 Å². The topological polar surface area (TPSA) is 54.5 Å². The van der Waals surface area contributed by atoms with Crippen LogP contribution in [0, 0.1) is 5.92 Å². The molecule has 2 rings (SSSR count). The Morgan fingerprint density at radius 3 is 2.61 bits per heavy atom. The summed E-state index contributed by atoms with van der Waals surface area (Å²) >= 11 is 0. The molecule has 0 radical (unpaired) electrons. The second-order valence-electron chi connectivity index (χ2n) is 4.52. The van der Waals surface area contributed by atoms with Gasteiger partial charge in [0.05, 0.1) is 0 Å². The number of rotatable bonds is 3. The van der Waals surface area contributed by atoms with Crippen molar-refractivity contribution in [2.45, 2.75) is 12.8 Å². The molecule has 0 aromatic heterocycles. The number of hydrogen-bond donors (Lipinski definition) is 0. The minimum absolute atomic E-state index is 0.0218. The fraction of sp³-hybridized carbons (Fsp3) is 0.357. The van der Waals surface area contributed by atoms with E-state index in [0.717, 1.165) is 0 Å². The molecule has 1 aromatic carbocycles. The van der Waals surface area contributed by atoms with Gasteiger partial charge in [-0.25, -0.2) is 0 Å². The summed E-state index contributed by atoms with van der Waals surface area (Å²) in [5.41, 5.74) is 0.548. The lowest BCUT2D eigenvalue weighted by molar-refractivity contribution is -0.144. The molecule has 0 bridgehead atoms. The zero-order valence-electron chi connectivity index (χ0n) is 10.3. The average Bonchev–Trinajstić information content (AvgIpc) is 2.40. The molecule has 1 aliphatic heterocycles. The second kappa shape index (κ2) is 5.12. The standard InChI is InChI=1S/C14H15NO3/c1-15-8-7-12(16)11(14(15)18)9-13(17)10-5-3-2-4-6-10/h2-6,11H,7-9H2,1H3. The third-order valence-corrected chi connectivity index (χ3v) is 3.24. The molecular formula is C14H15NO3. The van der Waals surface area contributed by atoms with Crippen molar-refractivity contribution in [3.05, 3.63) is 35.9 Å². The minimum atomic E-state index is -0.795. The van der Waals surface area contributed by atoms with Crippen molar-refractivity contribution in [2.75, 3.05) is 13.6 Å². The largest absolute Gasteiger partial charge is 0.345 e. The highest BCUT2D eigenvalue weighted by atomic mass is 16.2. The van der Waals surface area contributed by atoms with Crippen LogP contribution in [0.25, 0.3) is 0 Å². The van der Waals surface area contributed by atoms with E-state index in [0.29, 0.717) is 18.5 Å². The van der Waals surface area contributed by atoms with Crippen molar-refractivity contribution in [1.29, 1.82) is 0 Å².